The minimum absolute atomic E-state index is 0.165. The molecule has 0 aliphatic carbocycles. The molecule has 0 spiro atoms. The molecule has 38 heavy (non-hydrogen) atoms. The average molecular weight is 540 g/mol. The Kier molecular flexibility index (Phi) is 9.62. The highest BCUT2D eigenvalue weighted by Gasteiger charge is 2.35. The number of unbranched alkanes of at least 4 members (excludes halogenated alkanes) is 1. The predicted molar refractivity (Wildman–Crippen MR) is 149 cm³/mol. The molecule has 3 atom stereocenters. The van der Waals surface area contributed by atoms with E-state index in [0.717, 1.165) is 29.3 Å². The third-order valence-electron chi connectivity index (χ3n) is 6.73. The first-order chi connectivity index (χ1) is 18.4. The van der Waals surface area contributed by atoms with Crippen LogP contribution >= 0.6 is 7.37 Å². The quantitative estimate of drug-likeness (QED) is 0.168. The average Bonchev–Trinajstić information content (AvgIpc) is 2.94. The van der Waals surface area contributed by atoms with Crippen LogP contribution < -0.4 is 24.0 Å². The van der Waals surface area contributed by atoms with E-state index in [4.69, 9.17) is 18.7 Å². The molecule has 0 radical (unpaired) electrons. The maximum Gasteiger partial charge on any atom is 0.325 e. The topological polar surface area (TPSA) is 92.7 Å². The van der Waals surface area contributed by atoms with Gasteiger partial charge < -0.3 is 18.7 Å². The molecular weight excluding hydrogens is 501 g/mol. The Hall–Kier alpha value is -3.12. The van der Waals surface area contributed by atoms with Crippen LogP contribution in [0.4, 0.5) is 0 Å². The Labute approximate surface area is 225 Å². The summed E-state index contributed by atoms with van der Waals surface area (Å²) in [5, 5.41) is 0.781. The lowest BCUT2D eigenvalue weighted by Gasteiger charge is -2.28. The molecule has 0 saturated carbocycles. The van der Waals surface area contributed by atoms with Crippen LogP contribution in [0.25, 0.3) is 11.1 Å². The van der Waals surface area contributed by atoms with Gasteiger partial charge in [0.2, 0.25) is 0 Å². The summed E-state index contributed by atoms with van der Waals surface area (Å²) in [6.07, 6.45) is 3.74. The van der Waals surface area contributed by atoms with Crippen LogP contribution in [-0.4, -0.2) is 40.9 Å². The molecular formula is C29H38N3O5P. The highest BCUT2D eigenvalue weighted by Crippen LogP contribution is 2.54. The van der Waals surface area contributed by atoms with Crippen molar-refractivity contribution in [2.75, 3.05) is 26.0 Å². The van der Waals surface area contributed by atoms with Crippen molar-refractivity contribution in [2.45, 2.75) is 53.4 Å². The Morgan fingerprint density at radius 2 is 1.32 bits per heavy atom. The number of nitrogens with zero attached hydrogens (tertiary/aromatic N) is 3. The van der Waals surface area contributed by atoms with E-state index >= 15 is 0 Å². The van der Waals surface area contributed by atoms with Crippen LogP contribution in [0, 0.1) is 11.8 Å². The maximum atomic E-state index is 13.9. The van der Waals surface area contributed by atoms with E-state index in [-0.39, 0.29) is 18.0 Å². The van der Waals surface area contributed by atoms with Gasteiger partial charge in [0, 0.05) is 11.7 Å². The molecule has 0 amide bonds. The van der Waals surface area contributed by atoms with Crippen LogP contribution in [0.1, 0.15) is 53.4 Å². The monoisotopic (exact) mass is 539 g/mol. The lowest BCUT2D eigenvalue weighted by atomic mass is 10.0. The van der Waals surface area contributed by atoms with Gasteiger partial charge in [-0.15, -0.1) is 15.0 Å². The fraction of sp³-hybridized carbons (Fsp3) is 0.483. The first-order valence-corrected chi connectivity index (χ1v) is 15.3. The van der Waals surface area contributed by atoms with Crippen LogP contribution in [0.5, 0.6) is 23.8 Å². The first-order valence-electron chi connectivity index (χ1n) is 13.5. The van der Waals surface area contributed by atoms with Gasteiger partial charge in [0.25, 0.3) is 7.37 Å². The Morgan fingerprint density at radius 3 is 1.95 bits per heavy atom. The molecule has 0 N–H and O–H groups in total. The van der Waals surface area contributed by atoms with Crippen molar-refractivity contribution in [1.29, 1.82) is 0 Å². The first kappa shape index (κ1) is 27.9. The largest absolute Gasteiger partial charge is 0.463 e. The molecule has 1 aromatic heterocycles. The number of para-hydroxylation sites is 1. The van der Waals surface area contributed by atoms with Crippen molar-refractivity contribution in [3.63, 3.8) is 0 Å². The third-order valence-corrected chi connectivity index (χ3v) is 9.25. The van der Waals surface area contributed by atoms with Crippen LogP contribution in [0.15, 0.2) is 48.5 Å². The van der Waals surface area contributed by atoms with Gasteiger partial charge in [-0.3, -0.25) is 4.57 Å². The van der Waals surface area contributed by atoms with Crippen molar-refractivity contribution < 1.29 is 23.3 Å². The van der Waals surface area contributed by atoms with Gasteiger partial charge in [0.1, 0.15) is 5.75 Å². The Bertz CT molecular complexity index is 1220. The molecule has 0 fully saturated rings. The number of ether oxygens (including phenoxy) is 3. The third kappa shape index (κ3) is 7.04. The molecule has 1 aliphatic heterocycles. The molecule has 9 heteroatoms. The standard InChI is InChI=1S/C29H38N3O5P/c1-5-21(3)19-35-28-30-27(31-29(32-28)36-20-22(4)6-2)34-17-11-12-18-38(33)26-16-10-8-14-24(26)23-13-7-9-15-25(23)37-38/h7-10,13-16,21-22H,5-6,11-12,17-20H2,1-4H3. The summed E-state index contributed by atoms with van der Waals surface area (Å²) in [4.78, 5) is 12.9. The second-order valence-corrected chi connectivity index (χ2v) is 12.3. The van der Waals surface area contributed by atoms with Gasteiger partial charge >= 0.3 is 18.0 Å². The van der Waals surface area contributed by atoms with E-state index in [1.807, 2.05) is 48.5 Å². The van der Waals surface area contributed by atoms with Gasteiger partial charge in [-0.1, -0.05) is 76.9 Å². The fourth-order valence-electron chi connectivity index (χ4n) is 3.91. The van der Waals surface area contributed by atoms with E-state index in [9.17, 15) is 4.57 Å². The summed E-state index contributed by atoms with van der Waals surface area (Å²) in [5.74, 6) is 1.43. The Balaban J connectivity index is 1.36. The van der Waals surface area contributed by atoms with Crippen molar-refractivity contribution in [3.8, 4) is 34.9 Å². The minimum atomic E-state index is -3.04. The summed E-state index contributed by atoms with van der Waals surface area (Å²) in [6.45, 7) is 9.81. The smallest absolute Gasteiger partial charge is 0.325 e. The molecule has 0 bridgehead atoms. The summed E-state index contributed by atoms with van der Waals surface area (Å²) < 4.78 is 37.4. The molecule has 1 aliphatic rings. The van der Waals surface area contributed by atoms with Crippen molar-refractivity contribution in [1.82, 2.24) is 15.0 Å². The van der Waals surface area contributed by atoms with Gasteiger partial charge in [0.15, 0.2) is 0 Å². The molecule has 3 aromatic rings. The molecule has 8 nitrogen and oxygen atoms in total. The second kappa shape index (κ2) is 13.1. The summed E-state index contributed by atoms with van der Waals surface area (Å²) in [6, 6.07) is 16.1. The number of hydrogen-bond acceptors (Lipinski definition) is 8. The molecule has 4 rings (SSSR count). The molecule has 0 saturated heterocycles. The molecule has 2 heterocycles. The summed E-state index contributed by atoms with van der Waals surface area (Å²) >= 11 is 0. The number of aromatic nitrogens is 3. The van der Waals surface area contributed by atoms with Gasteiger partial charge in [-0.25, -0.2) is 0 Å². The highest BCUT2D eigenvalue weighted by molar-refractivity contribution is 7.67. The number of rotatable bonds is 14. The minimum Gasteiger partial charge on any atom is -0.463 e. The lowest BCUT2D eigenvalue weighted by Crippen LogP contribution is -2.20. The SMILES string of the molecule is CCC(C)COc1nc(OCCCCP2(=O)Oc3ccccc3-c3ccccc32)nc(OCC(C)CC)n1. The zero-order chi connectivity index (χ0) is 27.0. The van der Waals surface area contributed by atoms with E-state index < -0.39 is 7.37 Å². The van der Waals surface area contributed by atoms with Crippen molar-refractivity contribution in [3.05, 3.63) is 48.5 Å². The van der Waals surface area contributed by atoms with Crippen molar-refractivity contribution >= 4 is 12.7 Å². The van der Waals surface area contributed by atoms with Gasteiger partial charge in [-0.2, -0.15) is 0 Å². The molecule has 204 valence electrons. The number of benzene rings is 2. The zero-order valence-electron chi connectivity index (χ0n) is 22.8. The highest BCUT2D eigenvalue weighted by atomic mass is 31.2. The van der Waals surface area contributed by atoms with Crippen molar-refractivity contribution in [2.24, 2.45) is 11.8 Å². The number of hydrogen-bond donors (Lipinski definition) is 0. The fourth-order valence-corrected chi connectivity index (χ4v) is 6.33. The normalized spacial score (nSPS) is 17.5. The van der Waals surface area contributed by atoms with E-state index in [0.29, 0.717) is 56.4 Å². The lowest BCUT2D eigenvalue weighted by molar-refractivity contribution is 0.201. The Morgan fingerprint density at radius 1 is 0.763 bits per heavy atom. The molecule has 2 aromatic carbocycles. The summed E-state index contributed by atoms with van der Waals surface area (Å²) in [5.41, 5.74) is 1.96. The zero-order valence-corrected chi connectivity index (χ0v) is 23.7. The maximum absolute atomic E-state index is 13.9. The van der Waals surface area contributed by atoms with Gasteiger partial charge in [0.05, 0.1) is 25.1 Å². The van der Waals surface area contributed by atoms with E-state index in [2.05, 4.69) is 42.6 Å². The van der Waals surface area contributed by atoms with E-state index in [1.165, 1.54) is 0 Å². The predicted octanol–water partition coefficient (Wildman–Crippen LogP) is 6.54. The molecule has 3 unspecified atom stereocenters. The second-order valence-electron chi connectivity index (χ2n) is 9.89. The number of fused-ring (bicyclic) bond motifs is 3. The van der Waals surface area contributed by atoms with Crippen LogP contribution in [0.2, 0.25) is 0 Å². The summed E-state index contributed by atoms with van der Waals surface area (Å²) in [7, 11) is -3.04. The van der Waals surface area contributed by atoms with E-state index in [1.54, 1.807) is 0 Å². The van der Waals surface area contributed by atoms with Gasteiger partial charge in [-0.05, 0) is 42.4 Å². The van der Waals surface area contributed by atoms with Crippen LogP contribution in [0.3, 0.4) is 0 Å². The van der Waals surface area contributed by atoms with Crippen LogP contribution in [-0.2, 0) is 4.57 Å².